The summed E-state index contributed by atoms with van der Waals surface area (Å²) in [5.74, 6) is 0. The number of rotatable bonds is 5. The molecule has 1 saturated heterocycles. The van der Waals surface area contributed by atoms with Crippen LogP contribution in [0.15, 0.2) is 24.3 Å². The normalized spacial score (nSPS) is 23.6. The number of hydrogen-bond donors (Lipinski definition) is 1. The summed E-state index contributed by atoms with van der Waals surface area (Å²) in [5.41, 5.74) is 2.63. The van der Waals surface area contributed by atoms with E-state index in [0.717, 1.165) is 13.1 Å². The van der Waals surface area contributed by atoms with Crippen molar-refractivity contribution in [2.24, 2.45) is 0 Å². The third-order valence-corrected chi connectivity index (χ3v) is 3.97. The maximum Gasteiger partial charge on any atom is 0.0733 e. The molecule has 1 N–H and O–H groups in total. The molecule has 0 bridgehead atoms. The molecule has 1 heterocycles. The molecule has 0 spiro atoms. The third kappa shape index (κ3) is 3.48. The molecule has 2 unspecified atom stereocenters. The van der Waals surface area contributed by atoms with Crippen LogP contribution in [0, 0.1) is 0 Å². The Kier molecular flexibility index (Phi) is 5.23. The molecule has 1 aliphatic rings. The van der Waals surface area contributed by atoms with Crippen molar-refractivity contribution in [3.8, 4) is 0 Å². The minimum Gasteiger partial charge on any atom is -0.380 e. The fourth-order valence-electron chi connectivity index (χ4n) is 3.07. The highest BCUT2D eigenvalue weighted by molar-refractivity contribution is 5.54. The Balaban J connectivity index is 2.10. The number of ether oxygens (including phenoxy) is 1. The molecule has 0 amide bonds. The standard InChI is InChI=1S/C16H26N2O/c1-4-17-15-9-10-18(13(2)11-15)16-8-6-5-7-14(16)12-19-3/h5-8,13,15,17H,4,9-12H2,1-3H3. The summed E-state index contributed by atoms with van der Waals surface area (Å²) in [6.45, 7) is 7.39. The van der Waals surface area contributed by atoms with E-state index in [1.54, 1.807) is 7.11 Å². The molecule has 1 aromatic rings. The first kappa shape index (κ1) is 14.4. The molecule has 3 nitrogen and oxygen atoms in total. The predicted molar refractivity (Wildman–Crippen MR) is 80.7 cm³/mol. The van der Waals surface area contributed by atoms with Gasteiger partial charge in [0.2, 0.25) is 0 Å². The minimum absolute atomic E-state index is 0.579. The van der Waals surface area contributed by atoms with Gasteiger partial charge in [0.25, 0.3) is 0 Å². The highest BCUT2D eigenvalue weighted by Crippen LogP contribution is 2.28. The first-order valence-corrected chi connectivity index (χ1v) is 7.33. The Morgan fingerprint density at radius 2 is 2.16 bits per heavy atom. The number of methoxy groups -OCH3 is 1. The van der Waals surface area contributed by atoms with Crippen molar-refractivity contribution in [1.29, 1.82) is 0 Å². The Labute approximate surface area is 116 Å². The Hall–Kier alpha value is -1.06. The van der Waals surface area contributed by atoms with Crippen LogP contribution in [0.5, 0.6) is 0 Å². The monoisotopic (exact) mass is 262 g/mol. The lowest BCUT2D eigenvalue weighted by molar-refractivity contribution is 0.185. The highest BCUT2D eigenvalue weighted by atomic mass is 16.5. The Morgan fingerprint density at radius 3 is 2.84 bits per heavy atom. The average Bonchev–Trinajstić information content (AvgIpc) is 2.41. The summed E-state index contributed by atoms with van der Waals surface area (Å²) >= 11 is 0. The van der Waals surface area contributed by atoms with E-state index in [9.17, 15) is 0 Å². The summed E-state index contributed by atoms with van der Waals surface area (Å²) < 4.78 is 5.32. The van der Waals surface area contributed by atoms with E-state index < -0.39 is 0 Å². The van der Waals surface area contributed by atoms with Gasteiger partial charge in [0.05, 0.1) is 6.61 Å². The van der Waals surface area contributed by atoms with Gasteiger partial charge in [0.1, 0.15) is 0 Å². The smallest absolute Gasteiger partial charge is 0.0733 e. The maximum atomic E-state index is 5.32. The summed E-state index contributed by atoms with van der Waals surface area (Å²) in [4.78, 5) is 2.53. The van der Waals surface area contributed by atoms with Crippen molar-refractivity contribution in [3.05, 3.63) is 29.8 Å². The van der Waals surface area contributed by atoms with Crippen molar-refractivity contribution in [1.82, 2.24) is 5.32 Å². The molecule has 1 fully saturated rings. The molecular weight excluding hydrogens is 236 g/mol. The van der Waals surface area contributed by atoms with Crippen LogP contribution in [-0.4, -0.2) is 32.3 Å². The number of nitrogens with zero attached hydrogens (tertiary/aromatic N) is 1. The average molecular weight is 262 g/mol. The van der Waals surface area contributed by atoms with Gasteiger partial charge >= 0.3 is 0 Å². The van der Waals surface area contributed by atoms with Crippen LogP contribution < -0.4 is 10.2 Å². The third-order valence-electron chi connectivity index (χ3n) is 3.97. The second-order valence-corrected chi connectivity index (χ2v) is 5.38. The summed E-state index contributed by atoms with van der Waals surface area (Å²) in [6.07, 6.45) is 2.44. The molecule has 0 aliphatic carbocycles. The zero-order valence-electron chi connectivity index (χ0n) is 12.4. The fourth-order valence-corrected chi connectivity index (χ4v) is 3.07. The first-order chi connectivity index (χ1) is 9.26. The zero-order valence-corrected chi connectivity index (χ0v) is 12.4. The van der Waals surface area contributed by atoms with E-state index in [1.165, 1.54) is 24.1 Å². The van der Waals surface area contributed by atoms with Crippen LogP contribution in [0.4, 0.5) is 5.69 Å². The van der Waals surface area contributed by atoms with E-state index in [2.05, 4.69) is 48.3 Å². The van der Waals surface area contributed by atoms with Crippen molar-refractivity contribution < 1.29 is 4.74 Å². The van der Waals surface area contributed by atoms with Gasteiger partial charge in [-0.25, -0.2) is 0 Å². The summed E-state index contributed by atoms with van der Waals surface area (Å²) in [6, 6.07) is 9.85. The van der Waals surface area contributed by atoms with Gasteiger partial charge in [-0.15, -0.1) is 0 Å². The van der Waals surface area contributed by atoms with Crippen LogP contribution in [0.3, 0.4) is 0 Å². The second kappa shape index (κ2) is 6.92. The summed E-state index contributed by atoms with van der Waals surface area (Å²) in [7, 11) is 1.76. The largest absolute Gasteiger partial charge is 0.380 e. The molecule has 2 rings (SSSR count). The first-order valence-electron chi connectivity index (χ1n) is 7.33. The van der Waals surface area contributed by atoms with Crippen molar-refractivity contribution in [3.63, 3.8) is 0 Å². The van der Waals surface area contributed by atoms with Gasteiger partial charge < -0.3 is 15.0 Å². The highest BCUT2D eigenvalue weighted by Gasteiger charge is 2.26. The van der Waals surface area contributed by atoms with Crippen LogP contribution in [0.25, 0.3) is 0 Å². The lowest BCUT2D eigenvalue weighted by Gasteiger charge is -2.40. The number of hydrogen-bond acceptors (Lipinski definition) is 3. The topological polar surface area (TPSA) is 24.5 Å². The number of piperidine rings is 1. The van der Waals surface area contributed by atoms with Gasteiger partial charge in [0.15, 0.2) is 0 Å². The van der Waals surface area contributed by atoms with Gasteiger partial charge in [-0.3, -0.25) is 0 Å². The van der Waals surface area contributed by atoms with Crippen LogP contribution in [0.1, 0.15) is 32.3 Å². The molecule has 2 atom stereocenters. The number of anilines is 1. The molecular formula is C16H26N2O. The quantitative estimate of drug-likeness (QED) is 0.883. The Morgan fingerprint density at radius 1 is 1.37 bits per heavy atom. The molecule has 19 heavy (non-hydrogen) atoms. The lowest BCUT2D eigenvalue weighted by atomic mass is 9.96. The van der Waals surface area contributed by atoms with Gasteiger partial charge in [-0.05, 0) is 32.4 Å². The van der Waals surface area contributed by atoms with Crippen molar-refractivity contribution >= 4 is 5.69 Å². The predicted octanol–water partition coefficient (Wildman–Crippen LogP) is 2.80. The van der Waals surface area contributed by atoms with Crippen LogP contribution >= 0.6 is 0 Å². The number of para-hydroxylation sites is 1. The van der Waals surface area contributed by atoms with Gasteiger partial charge in [-0.1, -0.05) is 25.1 Å². The molecule has 3 heteroatoms. The SMILES string of the molecule is CCNC1CCN(c2ccccc2COC)C(C)C1. The van der Waals surface area contributed by atoms with E-state index in [-0.39, 0.29) is 0 Å². The van der Waals surface area contributed by atoms with Crippen molar-refractivity contribution in [2.45, 2.75) is 45.4 Å². The summed E-state index contributed by atoms with van der Waals surface area (Å²) in [5, 5.41) is 3.58. The van der Waals surface area contributed by atoms with E-state index in [4.69, 9.17) is 4.74 Å². The molecule has 0 saturated carbocycles. The molecule has 0 radical (unpaired) electrons. The molecule has 106 valence electrons. The van der Waals surface area contributed by atoms with E-state index in [1.807, 2.05) is 0 Å². The lowest BCUT2D eigenvalue weighted by Crippen LogP contribution is -2.47. The Bertz CT molecular complexity index is 394. The van der Waals surface area contributed by atoms with E-state index >= 15 is 0 Å². The number of nitrogens with one attached hydrogen (secondary N) is 1. The van der Waals surface area contributed by atoms with Gasteiger partial charge in [-0.2, -0.15) is 0 Å². The molecule has 1 aliphatic heterocycles. The van der Waals surface area contributed by atoms with Crippen molar-refractivity contribution in [2.75, 3.05) is 25.1 Å². The second-order valence-electron chi connectivity index (χ2n) is 5.38. The number of benzene rings is 1. The van der Waals surface area contributed by atoms with Gasteiger partial charge in [0, 0.05) is 37.0 Å². The van der Waals surface area contributed by atoms with Crippen LogP contribution in [0.2, 0.25) is 0 Å². The maximum absolute atomic E-state index is 5.32. The fraction of sp³-hybridized carbons (Fsp3) is 0.625. The van der Waals surface area contributed by atoms with Crippen LogP contribution in [-0.2, 0) is 11.3 Å². The zero-order chi connectivity index (χ0) is 13.7. The van der Waals surface area contributed by atoms with E-state index in [0.29, 0.717) is 18.7 Å². The molecule has 0 aromatic heterocycles. The molecule has 1 aromatic carbocycles. The minimum atomic E-state index is 0.579.